The van der Waals surface area contributed by atoms with Crippen molar-refractivity contribution in [2.24, 2.45) is 5.92 Å². The van der Waals surface area contributed by atoms with E-state index in [4.69, 9.17) is 0 Å². The van der Waals surface area contributed by atoms with Gasteiger partial charge in [0.05, 0.1) is 6.54 Å². The highest BCUT2D eigenvalue weighted by atomic mass is 15.3. The molecular formula is C10H17N3. The van der Waals surface area contributed by atoms with Crippen molar-refractivity contribution in [3.05, 3.63) is 18.5 Å². The number of nitrogens with one attached hydrogen (secondary N) is 1. The largest absolute Gasteiger partial charge is 0.312 e. The lowest BCUT2D eigenvalue weighted by Gasteiger charge is -2.03. The van der Waals surface area contributed by atoms with E-state index in [1.807, 2.05) is 23.1 Å². The molecule has 1 fully saturated rings. The first-order valence-electron chi connectivity index (χ1n) is 5.11. The van der Waals surface area contributed by atoms with Crippen molar-refractivity contribution < 1.29 is 0 Å². The average molecular weight is 179 g/mol. The van der Waals surface area contributed by atoms with Gasteiger partial charge in [0.2, 0.25) is 0 Å². The maximum absolute atomic E-state index is 4.15. The molecule has 3 nitrogen and oxygen atoms in total. The van der Waals surface area contributed by atoms with E-state index in [0.717, 1.165) is 25.0 Å². The van der Waals surface area contributed by atoms with Gasteiger partial charge in [0.15, 0.2) is 0 Å². The summed E-state index contributed by atoms with van der Waals surface area (Å²) in [7, 11) is 0. The molecule has 1 aromatic heterocycles. The Labute approximate surface area is 79.1 Å². The van der Waals surface area contributed by atoms with E-state index in [1.165, 1.54) is 12.8 Å². The molecule has 2 rings (SSSR count). The smallest absolute Gasteiger partial charge is 0.0534 e. The fourth-order valence-electron chi connectivity index (χ4n) is 1.75. The Morgan fingerprint density at radius 2 is 2.54 bits per heavy atom. The van der Waals surface area contributed by atoms with E-state index in [-0.39, 0.29) is 0 Å². The second kappa shape index (κ2) is 3.92. The van der Waals surface area contributed by atoms with Crippen LogP contribution >= 0.6 is 0 Å². The van der Waals surface area contributed by atoms with Crippen LogP contribution in [0.5, 0.6) is 0 Å². The molecule has 0 spiro atoms. The molecule has 0 saturated heterocycles. The number of nitrogens with zero attached hydrogens (tertiary/aromatic N) is 2. The van der Waals surface area contributed by atoms with Crippen molar-refractivity contribution in [3.8, 4) is 0 Å². The molecule has 1 heterocycles. The minimum atomic E-state index is 0.792. The summed E-state index contributed by atoms with van der Waals surface area (Å²) in [5, 5.41) is 7.68. The van der Waals surface area contributed by atoms with Crippen LogP contribution < -0.4 is 5.32 Å². The van der Waals surface area contributed by atoms with Crippen LogP contribution in [0.25, 0.3) is 0 Å². The Morgan fingerprint density at radius 3 is 3.15 bits per heavy atom. The van der Waals surface area contributed by atoms with Crippen LogP contribution in [-0.4, -0.2) is 22.4 Å². The Hall–Kier alpha value is -0.830. The van der Waals surface area contributed by atoms with Gasteiger partial charge in [-0.05, 0) is 18.4 Å². The van der Waals surface area contributed by atoms with Crippen LogP contribution in [-0.2, 0) is 6.54 Å². The molecule has 2 atom stereocenters. The molecule has 3 heteroatoms. The summed E-state index contributed by atoms with van der Waals surface area (Å²) in [6.45, 7) is 4.29. The molecule has 0 aliphatic heterocycles. The molecule has 1 saturated carbocycles. The Morgan fingerprint density at radius 1 is 1.62 bits per heavy atom. The normalized spacial score (nSPS) is 26.2. The zero-order valence-corrected chi connectivity index (χ0v) is 8.11. The summed E-state index contributed by atoms with van der Waals surface area (Å²) in [4.78, 5) is 0. The van der Waals surface area contributed by atoms with E-state index < -0.39 is 0 Å². The topological polar surface area (TPSA) is 29.9 Å². The predicted octanol–water partition coefficient (Wildman–Crippen LogP) is 1.27. The highest BCUT2D eigenvalue weighted by Crippen LogP contribution is 2.32. The van der Waals surface area contributed by atoms with E-state index in [0.29, 0.717) is 0 Å². The quantitative estimate of drug-likeness (QED) is 0.737. The summed E-state index contributed by atoms with van der Waals surface area (Å²) < 4.78 is 1.97. The summed E-state index contributed by atoms with van der Waals surface area (Å²) >= 11 is 0. The summed E-state index contributed by atoms with van der Waals surface area (Å²) in [5.41, 5.74) is 0. The summed E-state index contributed by atoms with van der Waals surface area (Å²) in [6.07, 6.45) is 6.52. The zero-order valence-electron chi connectivity index (χ0n) is 8.11. The van der Waals surface area contributed by atoms with Gasteiger partial charge in [-0.25, -0.2) is 0 Å². The van der Waals surface area contributed by atoms with Crippen molar-refractivity contribution in [2.75, 3.05) is 6.54 Å². The second-order valence-corrected chi connectivity index (χ2v) is 3.73. The van der Waals surface area contributed by atoms with Crippen LogP contribution in [0.2, 0.25) is 0 Å². The molecular weight excluding hydrogens is 162 g/mol. The molecule has 1 aliphatic carbocycles. The lowest BCUT2D eigenvalue weighted by Crippen LogP contribution is -2.23. The molecule has 1 N–H and O–H groups in total. The fraction of sp³-hybridized carbons (Fsp3) is 0.700. The third-order valence-corrected chi connectivity index (χ3v) is 2.75. The molecule has 72 valence electrons. The number of hydrogen-bond donors (Lipinski definition) is 1. The first-order chi connectivity index (χ1) is 6.40. The molecule has 13 heavy (non-hydrogen) atoms. The molecule has 1 aliphatic rings. The van der Waals surface area contributed by atoms with Crippen LogP contribution in [0, 0.1) is 5.92 Å². The third-order valence-electron chi connectivity index (χ3n) is 2.75. The van der Waals surface area contributed by atoms with Gasteiger partial charge < -0.3 is 5.32 Å². The van der Waals surface area contributed by atoms with E-state index in [2.05, 4.69) is 17.3 Å². The highest BCUT2D eigenvalue weighted by Gasteiger charge is 2.34. The summed E-state index contributed by atoms with van der Waals surface area (Å²) in [6, 6.07) is 2.76. The average Bonchev–Trinajstić information content (AvgIpc) is 2.69. The van der Waals surface area contributed by atoms with Crippen molar-refractivity contribution in [2.45, 2.75) is 32.4 Å². The zero-order chi connectivity index (χ0) is 9.10. The predicted molar refractivity (Wildman–Crippen MR) is 52.4 cm³/mol. The van der Waals surface area contributed by atoms with E-state index in [1.54, 1.807) is 0 Å². The van der Waals surface area contributed by atoms with Crippen molar-refractivity contribution in [1.82, 2.24) is 15.1 Å². The number of rotatable bonds is 5. The van der Waals surface area contributed by atoms with Gasteiger partial charge in [-0.1, -0.05) is 13.3 Å². The van der Waals surface area contributed by atoms with Crippen LogP contribution in [0.4, 0.5) is 0 Å². The van der Waals surface area contributed by atoms with Gasteiger partial charge in [-0.2, -0.15) is 5.10 Å². The van der Waals surface area contributed by atoms with E-state index in [9.17, 15) is 0 Å². The maximum Gasteiger partial charge on any atom is 0.0534 e. The summed E-state index contributed by atoms with van der Waals surface area (Å²) in [5.74, 6) is 0.942. The number of hydrogen-bond acceptors (Lipinski definition) is 2. The molecule has 0 bridgehead atoms. The monoisotopic (exact) mass is 179 g/mol. The Kier molecular flexibility index (Phi) is 2.64. The molecule has 0 radical (unpaired) electrons. The lowest BCUT2D eigenvalue weighted by atomic mass is 10.3. The first kappa shape index (κ1) is 8.75. The van der Waals surface area contributed by atoms with E-state index >= 15 is 0 Å². The Bertz CT molecular complexity index is 243. The number of aromatic nitrogens is 2. The van der Waals surface area contributed by atoms with Crippen LogP contribution in [0.15, 0.2) is 18.5 Å². The maximum atomic E-state index is 4.15. The van der Waals surface area contributed by atoms with Crippen molar-refractivity contribution in [3.63, 3.8) is 0 Å². The minimum Gasteiger partial charge on any atom is -0.312 e. The van der Waals surface area contributed by atoms with Crippen LogP contribution in [0.3, 0.4) is 0 Å². The minimum absolute atomic E-state index is 0.792. The highest BCUT2D eigenvalue weighted by molar-refractivity contribution is 4.91. The second-order valence-electron chi connectivity index (χ2n) is 3.73. The fourth-order valence-corrected chi connectivity index (χ4v) is 1.75. The van der Waals surface area contributed by atoms with Gasteiger partial charge >= 0.3 is 0 Å². The van der Waals surface area contributed by atoms with Crippen LogP contribution in [0.1, 0.15) is 19.8 Å². The Balaban J connectivity index is 1.60. The van der Waals surface area contributed by atoms with Gasteiger partial charge in [0.1, 0.15) is 0 Å². The third kappa shape index (κ3) is 2.31. The van der Waals surface area contributed by atoms with Gasteiger partial charge in [0.25, 0.3) is 0 Å². The molecule has 0 aromatic carbocycles. The molecule has 1 aromatic rings. The van der Waals surface area contributed by atoms with Crippen molar-refractivity contribution in [1.29, 1.82) is 0 Å². The standard InChI is InChI=1S/C10H17N3/c1-2-9-8-10(9)11-5-7-13-6-3-4-12-13/h3-4,6,9-11H,2,5,7-8H2,1H3. The van der Waals surface area contributed by atoms with Gasteiger partial charge in [-0.15, -0.1) is 0 Å². The van der Waals surface area contributed by atoms with Crippen molar-refractivity contribution >= 4 is 0 Å². The lowest BCUT2D eigenvalue weighted by molar-refractivity contribution is 0.536. The van der Waals surface area contributed by atoms with Gasteiger partial charge in [-0.3, -0.25) is 4.68 Å². The molecule has 2 unspecified atom stereocenters. The first-order valence-corrected chi connectivity index (χ1v) is 5.11. The molecule has 0 amide bonds. The van der Waals surface area contributed by atoms with Gasteiger partial charge in [0, 0.05) is 25.0 Å². The SMILES string of the molecule is CCC1CC1NCCn1cccn1.